The minimum absolute atomic E-state index is 0.269. The molecule has 0 aromatic heterocycles. The Hall–Kier alpha value is -1.40. The van der Waals surface area contributed by atoms with Gasteiger partial charge in [0.1, 0.15) is 0 Å². The van der Waals surface area contributed by atoms with E-state index in [-0.39, 0.29) is 13.1 Å². The topological polar surface area (TPSA) is 74.7 Å². The van der Waals surface area contributed by atoms with Gasteiger partial charge in [0.15, 0.2) is 0 Å². The molecule has 1 N–H and O–H groups in total. The molecule has 0 unspecified atom stereocenters. The normalized spacial score (nSPS) is 17.6. The molecule has 1 aromatic rings. The Balaban J connectivity index is 2.39. The first-order chi connectivity index (χ1) is 10.2. The van der Waals surface area contributed by atoms with Crippen molar-refractivity contribution in [3.8, 4) is 0 Å². The molecule has 0 bridgehead atoms. The molecule has 22 heavy (non-hydrogen) atoms. The fourth-order valence-corrected chi connectivity index (χ4v) is 5.09. The van der Waals surface area contributed by atoms with Crippen molar-refractivity contribution in [2.45, 2.75) is 45.4 Å². The van der Waals surface area contributed by atoms with E-state index in [4.69, 9.17) is 5.11 Å². The van der Waals surface area contributed by atoms with E-state index >= 15 is 0 Å². The number of rotatable bonds is 3. The number of carboxylic acids is 1. The zero-order valence-electron chi connectivity index (χ0n) is 13.5. The van der Waals surface area contributed by atoms with Crippen molar-refractivity contribution in [1.29, 1.82) is 0 Å². The lowest BCUT2D eigenvalue weighted by Crippen LogP contribution is -2.40. The third-order valence-electron chi connectivity index (χ3n) is 4.70. The van der Waals surface area contributed by atoms with Gasteiger partial charge in [-0.15, -0.1) is 0 Å². The van der Waals surface area contributed by atoms with Gasteiger partial charge in [0.2, 0.25) is 10.0 Å². The fraction of sp³-hybridized carbons (Fsp3) is 0.562. The quantitative estimate of drug-likeness (QED) is 0.926. The summed E-state index contributed by atoms with van der Waals surface area (Å²) in [5.74, 6) is -1.27. The predicted molar refractivity (Wildman–Crippen MR) is 84.5 cm³/mol. The molecule has 0 radical (unpaired) electrons. The highest BCUT2D eigenvalue weighted by molar-refractivity contribution is 7.89. The third kappa shape index (κ3) is 2.90. The number of piperidine rings is 1. The SMILES string of the molecule is Cc1cc(C)c(C)c(S(=O)(=O)N2CCC(C(=O)O)CC2)c1C. The van der Waals surface area contributed by atoms with Gasteiger partial charge in [-0.05, 0) is 62.8 Å². The molecular formula is C16H23NO4S. The van der Waals surface area contributed by atoms with Gasteiger partial charge in [-0.2, -0.15) is 4.31 Å². The van der Waals surface area contributed by atoms with Crippen LogP contribution in [0.5, 0.6) is 0 Å². The second-order valence-corrected chi connectivity index (χ2v) is 7.98. The number of hydrogen-bond donors (Lipinski definition) is 1. The Morgan fingerprint density at radius 2 is 1.55 bits per heavy atom. The number of hydrogen-bond acceptors (Lipinski definition) is 3. The summed E-state index contributed by atoms with van der Waals surface area (Å²) in [6.45, 7) is 8.03. The summed E-state index contributed by atoms with van der Waals surface area (Å²) in [5.41, 5.74) is 3.48. The van der Waals surface area contributed by atoms with Crippen LogP contribution in [0.4, 0.5) is 0 Å². The highest BCUT2D eigenvalue weighted by Gasteiger charge is 2.34. The minimum atomic E-state index is -3.58. The van der Waals surface area contributed by atoms with E-state index in [2.05, 4.69) is 0 Å². The molecule has 1 aromatic carbocycles. The summed E-state index contributed by atoms with van der Waals surface area (Å²) in [6, 6.07) is 2.00. The van der Waals surface area contributed by atoms with E-state index < -0.39 is 21.9 Å². The van der Waals surface area contributed by atoms with Gasteiger partial charge in [0.25, 0.3) is 0 Å². The molecule has 0 aliphatic carbocycles. The second-order valence-electron chi connectivity index (χ2n) is 6.11. The van der Waals surface area contributed by atoms with Crippen molar-refractivity contribution in [3.05, 3.63) is 28.3 Å². The summed E-state index contributed by atoms with van der Waals surface area (Å²) < 4.78 is 27.4. The molecule has 1 aliphatic heterocycles. The second kappa shape index (κ2) is 6.01. The molecule has 6 heteroatoms. The van der Waals surface area contributed by atoms with Crippen molar-refractivity contribution >= 4 is 16.0 Å². The van der Waals surface area contributed by atoms with Crippen LogP contribution in [0.1, 0.15) is 35.1 Å². The molecule has 0 spiro atoms. The number of aryl methyl sites for hydroxylation is 2. The monoisotopic (exact) mass is 325 g/mol. The number of aliphatic carboxylic acids is 1. The van der Waals surface area contributed by atoms with Crippen molar-refractivity contribution in [2.75, 3.05) is 13.1 Å². The van der Waals surface area contributed by atoms with Crippen LogP contribution in [0.3, 0.4) is 0 Å². The Labute approximate surface area is 132 Å². The first kappa shape index (κ1) is 17.0. The Morgan fingerprint density at radius 1 is 1.09 bits per heavy atom. The van der Waals surface area contributed by atoms with Crippen molar-refractivity contribution in [1.82, 2.24) is 4.31 Å². The van der Waals surface area contributed by atoms with Gasteiger partial charge in [-0.25, -0.2) is 8.42 Å². The summed E-state index contributed by atoms with van der Waals surface area (Å²) in [5, 5.41) is 9.04. The first-order valence-corrected chi connectivity index (χ1v) is 8.90. The zero-order valence-corrected chi connectivity index (χ0v) is 14.3. The molecule has 122 valence electrons. The van der Waals surface area contributed by atoms with Crippen LogP contribution < -0.4 is 0 Å². The highest BCUT2D eigenvalue weighted by Crippen LogP contribution is 2.31. The summed E-state index contributed by atoms with van der Waals surface area (Å²) in [4.78, 5) is 11.4. The van der Waals surface area contributed by atoms with Crippen LogP contribution in [0.15, 0.2) is 11.0 Å². The largest absolute Gasteiger partial charge is 0.481 e. The molecule has 2 rings (SSSR count). The average molecular weight is 325 g/mol. The van der Waals surface area contributed by atoms with Gasteiger partial charge in [-0.3, -0.25) is 4.79 Å². The van der Waals surface area contributed by atoms with Crippen LogP contribution in [-0.2, 0) is 14.8 Å². The van der Waals surface area contributed by atoms with E-state index in [1.54, 1.807) is 0 Å². The smallest absolute Gasteiger partial charge is 0.306 e. The maximum atomic E-state index is 13.0. The van der Waals surface area contributed by atoms with Crippen molar-refractivity contribution in [2.24, 2.45) is 5.92 Å². The highest BCUT2D eigenvalue weighted by atomic mass is 32.2. The van der Waals surface area contributed by atoms with Gasteiger partial charge in [-0.1, -0.05) is 6.07 Å². The first-order valence-electron chi connectivity index (χ1n) is 7.46. The van der Waals surface area contributed by atoms with Gasteiger partial charge < -0.3 is 5.11 Å². The van der Waals surface area contributed by atoms with E-state index in [1.807, 2.05) is 33.8 Å². The molecule has 0 atom stereocenters. The minimum Gasteiger partial charge on any atom is -0.481 e. The summed E-state index contributed by atoms with van der Waals surface area (Å²) in [7, 11) is -3.58. The Bertz CT molecular complexity index is 675. The van der Waals surface area contributed by atoms with Gasteiger partial charge >= 0.3 is 5.97 Å². The maximum absolute atomic E-state index is 13.0. The lowest BCUT2D eigenvalue weighted by Gasteiger charge is -2.30. The van der Waals surface area contributed by atoms with Crippen molar-refractivity contribution < 1.29 is 18.3 Å². The van der Waals surface area contributed by atoms with Crippen molar-refractivity contribution in [3.63, 3.8) is 0 Å². The molecule has 1 heterocycles. The number of sulfonamides is 1. The molecular weight excluding hydrogens is 302 g/mol. The molecule has 1 aliphatic rings. The van der Waals surface area contributed by atoms with Crippen LogP contribution >= 0.6 is 0 Å². The molecule has 0 amide bonds. The van der Waals surface area contributed by atoms with Gasteiger partial charge in [0.05, 0.1) is 10.8 Å². The zero-order chi connectivity index (χ0) is 16.7. The third-order valence-corrected chi connectivity index (χ3v) is 6.87. The summed E-state index contributed by atoms with van der Waals surface area (Å²) in [6.07, 6.45) is 0.745. The van der Waals surface area contributed by atoms with E-state index in [1.165, 1.54) is 4.31 Å². The van der Waals surface area contributed by atoms with E-state index in [0.717, 1.165) is 22.3 Å². The number of benzene rings is 1. The lowest BCUT2D eigenvalue weighted by atomic mass is 9.99. The molecule has 5 nitrogen and oxygen atoms in total. The van der Waals surface area contributed by atoms with Crippen LogP contribution in [0.2, 0.25) is 0 Å². The summed E-state index contributed by atoms with van der Waals surface area (Å²) >= 11 is 0. The van der Waals surface area contributed by atoms with E-state index in [9.17, 15) is 13.2 Å². The fourth-order valence-electron chi connectivity index (χ4n) is 3.04. The number of carbonyl (C=O) groups is 1. The molecule has 1 fully saturated rings. The maximum Gasteiger partial charge on any atom is 0.306 e. The predicted octanol–water partition coefficient (Wildman–Crippen LogP) is 2.41. The molecule has 1 saturated heterocycles. The van der Waals surface area contributed by atoms with E-state index in [0.29, 0.717) is 17.7 Å². The van der Waals surface area contributed by atoms with Crippen LogP contribution in [0, 0.1) is 33.6 Å². The average Bonchev–Trinajstić information content (AvgIpc) is 2.45. The Kier molecular flexibility index (Phi) is 4.63. The van der Waals surface area contributed by atoms with Crippen LogP contribution in [0.25, 0.3) is 0 Å². The Morgan fingerprint density at radius 3 is 1.95 bits per heavy atom. The van der Waals surface area contributed by atoms with Crippen LogP contribution in [-0.4, -0.2) is 36.9 Å². The van der Waals surface area contributed by atoms with Gasteiger partial charge in [0, 0.05) is 13.1 Å². The standard InChI is InChI=1S/C16H23NO4S/c1-10-9-11(2)13(4)15(12(10)3)22(20,21)17-7-5-14(6-8-17)16(18)19/h9,14H,5-8H2,1-4H3,(H,18,19). The number of nitrogens with zero attached hydrogens (tertiary/aromatic N) is 1. The lowest BCUT2D eigenvalue weighted by molar-refractivity contribution is -0.142. The molecule has 0 saturated carbocycles. The number of carboxylic acid groups (broad SMARTS) is 1.